The molecule has 1 atom stereocenters. The van der Waals surface area contributed by atoms with Gasteiger partial charge in [0, 0.05) is 65.3 Å². The molecule has 0 saturated heterocycles. The van der Waals surface area contributed by atoms with Crippen LogP contribution in [0.15, 0.2) is 352 Å². The van der Waals surface area contributed by atoms with E-state index in [4.69, 9.17) is 44.1 Å². The molecule has 9 heterocycles. The van der Waals surface area contributed by atoms with E-state index in [1.165, 1.54) is 115 Å². The Kier molecular flexibility index (Phi) is 14.0. The summed E-state index contributed by atoms with van der Waals surface area (Å²) >= 11 is 0. The number of para-hydroxylation sites is 6. The third-order valence-electron chi connectivity index (χ3n) is 31.8. The Morgan fingerprint density at radius 2 is 0.686 bits per heavy atom. The van der Waals surface area contributed by atoms with Crippen molar-refractivity contribution >= 4 is 152 Å². The molecule has 638 valence electrons. The van der Waals surface area contributed by atoms with Crippen molar-refractivity contribution in [3.05, 3.63) is 391 Å². The zero-order valence-corrected chi connectivity index (χ0v) is 74.9. The number of nitrogens with zero attached hydrogens (tertiary/aromatic N) is 9. The van der Waals surface area contributed by atoms with Gasteiger partial charge in [-0.15, -0.1) is 0 Å². The Morgan fingerprint density at radius 3 is 1.35 bits per heavy atom. The summed E-state index contributed by atoms with van der Waals surface area (Å²) in [5.74, 6) is 6.37. The zero-order valence-electron chi connectivity index (χ0n) is 74.9. The van der Waals surface area contributed by atoms with Gasteiger partial charge < -0.3 is 14.2 Å². The summed E-state index contributed by atoms with van der Waals surface area (Å²) in [4.78, 5) is 33.8. The number of ether oxygens (including phenoxy) is 3. The molecule has 12 nitrogen and oxygen atoms in total. The van der Waals surface area contributed by atoms with Gasteiger partial charge in [0.1, 0.15) is 34.5 Å². The van der Waals surface area contributed by atoms with Gasteiger partial charge in [0.2, 0.25) is 17.8 Å². The minimum absolute atomic E-state index is 0.325. The first-order valence-electron chi connectivity index (χ1n) is 47.3. The van der Waals surface area contributed by atoms with E-state index in [2.05, 4.69) is 364 Å². The van der Waals surface area contributed by atoms with Crippen molar-refractivity contribution < 1.29 is 14.2 Å². The van der Waals surface area contributed by atoms with Crippen LogP contribution in [0.4, 0.5) is 0 Å². The van der Waals surface area contributed by atoms with Crippen LogP contribution in [0.1, 0.15) is 73.6 Å². The molecule has 6 aromatic heterocycles. The number of benzene rings is 20. The predicted octanol–water partition coefficient (Wildman–Crippen LogP) is 31.7. The SMILES string of the molecule is CC1(C)c2cc3c(cc2-c2c1ccc1c2ccc2ccc(-c4cc5c6c(nc(-n7c8ccccc8c8cc9c(cc87)C(C)(C)c7c-9c8ccccc8c8ccccc78)nc6c4)-c4ccccc4O5)cc21)c1ccccc1n3-c1nc2c3c(cc(CC4(C)c5ccccc5-c5c4ccc4c5ccc5c4c4ccccc4n5-c4nc5c6c(cccc6n4)Oc4ccccc4-5)cc3n1)Oc1ccccc1-2. The molecule has 0 saturated carbocycles. The molecule has 0 N–H and O–H groups in total. The lowest BCUT2D eigenvalue weighted by Crippen LogP contribution is -2.24. The lowest BCUT2D eigenvalue weighted by Gasteiger charge is -2.29. The Hall–Kier alpha value is -17.5. The molecular weight excluding hydrogens is 1680 g/mol. The van der Waals surface area contributed by atoms with Gasteiger partial charge >= 0.3 is 0 Å². The second kappa shape index (κ2) is 25.9. The second-order valence-corrected chi connectivity index (χ2v) is 39.6. The predicted molar refractivity (Wildman–Crippen MR) is 555 cm³/mol. The fourth-order valence-corrected chi connectivity index (χ4v) is 25.8. The van der Waals surface area contributed by atoms with Crippen molar-refractivity contribution in [2.45, 2.75) is 57.3 Å². The van der Waals surface area contributed by atoms with Gasteiger partial charge in [-0.3, -0.25) is 13.7 Å². The topological polar surface area (TPSA) is 120 Å². The lowest BCUT2D eigenvalue weighted by molar-refractivity contribution is 0.484. The minimum Gasteiger partial charge on any atom is -0.456 e. The number of fused-ring (bicyclic) bond motifs is 36. The van der Waals surface area contributed by atoms with E-state index in [1.54, 1.807) is 0 Å². The Balaban J connectivity index is 0.519. The van der Waals surface area contributed by atoms with Crippen LogP contribution in [0.5, 0.6) is 34.5 Å². The molecule has 0 radical (unpaired) electrons. The molecule has 32 rings (SSSR count). The average molecular weight is 1750 g/mol. The van der Waals surface area contributed by atoms with Crippen LogP contribution in [0.25, 0.3) is 248 Å². The monoisotopic (exact) mass is 1750 g/mol. The van der Waals surface area contributed by atoms with Crippen molar-refractivity contribution in [3.8, 4) is 131 Å². The standard InChI is InChI=1S/C125H75N9O3/c1-123(2)90-52-49-71-75(48-47-66-45-46-67(57-84(66)71)68-58-96-115-108(59-68)137-105-43-23-16-35-83(105)119(115)131-122(128-96)134-98-39-19-12-28-73(98)86-61-88-93(63-102(86)134)124(3,4)116-78-30-9-7-26-70(78)69-25-6-8-29-74(69)112(88)116)110(90)87-60-85-72-27-11-18-38-97(72)133(101(85)62-92(87)123)121-127-95-55-65(56-107-114(95)118(130-121)82-34-15-22-42-104(82)136-107)64-125(5)89-36-17-10-31-79(89)109-76-51-54-100-111(77(76)50-53-91(109)125)80-32-13-20-40-99(80)132(100)120-126-94-37-24-44-106-113(94)117(129-120)81-33-14-21-41-103(81)135-106/h6-63H,64H2,1-5H3. The first kappa shape index (κ1) is 74.1. The van der Waals surface area contributed by atoms with Crippen LogP contribution >= 0.6 is 0 Å². The van der Waals surface area contributed by atoms with Crippen molar-refractivity contribution in [2.75, 3.05) is 0 Å². The third-order valence-corrected chi connectivity index (χ3v) is 31.8. The molecule has 1 unspecified atom stereocenters. The maximum absolute atomic E-state index is 7.10. The van der Waals surface area contributed by atoms with Crippen LogP contribution in [0.2, 0.25) is 0 Å². The highest BCUT2D eigenvalue weighted by Gasteiger charge is 2.45. The molecule has 0 amide bonds. The van der Waals surface area contributed by atoms with Crippen LogP contribution in [0.3, 0.4) is 0 Å². The highest BCUT2D eigenvalue weighted by Crippen LogP contribution is 2.62. The van der Waals surface area contributed by atoms with Crippen LogP contribution in [0, 0.1) is 0 Å². The van der Waals surface area contributed by atoms with Crippen molar-refractivity contribution in [2.24, 2.45) is 0 Å². The molecule has 6 aliphatic rings. The van der Waals surface area contributed by atoms with E-state index in [0.717, 1.165) is 188 Å². The molecule has 3 aliphatic heterocycles. The first-order valence-corrected chi connectivity index (χ1v) is 47.3. The van der Waals surface area contributed by atoms with E-state index in [0.29, 0.717) is 24.3 Å². The van der Waals surface area contributed by atoms with Gasteiger partial charge in [0.25, 0.3) is 0 Å². The van der Waals surface area contributed by atoms with Crippen molar-refractivity contribution in [1.29, 1.82) is 0 Å². The van der Waals surface area contributed by atoms with E-state index in [9.17, 15) is 0 Å². The normalized spacial score (nSPS) is 15.1. The summed E-state index contributed by atoms with van der Waals surface area (Å²) in [6.07, 6.45) is 0.668. The smallest absolute Gasteiger partial charge is 0.235 e. The molecule has 137 heavy (non-hydrogen) atoms. The summed E-state index contributed by atoms with van der Waals surface area (Å²) in [7, 11) is 0. The molecule has 20 aromatic carbocycles. The van der Waals surface area contributed by atoms with Crippen molar-refractivity contribution in [1.82, 2.24) is 43.6 Å². The first-order chi connectivity index (χ1) is 67.3. The van der Waals surface area contributed by atoms with Gasteiger partial charge in [0.05, 0.1) is 82.9 Å². The van der Waals surface area contributed by atoms with Gasteiger partial charge in [-0.2, -0.15) is 0 Å². The zero-order chi connectivity index (χ0) is 89.8. The fraction of sp³-hybridized carbons (Fsp3) is 0.0720. The average Bonchev–Trinajstić information content (AvgIpc) is 1.53. The summed E-state index contributed by atoms with van der Waals surface area (Å²) < 4.78 is 27.5. The van der Waals surface area contributed by atoms with Crippen LogP contribution in [-0.2, 0) is 22.7 Å². The maximum atomic E-state index is 7.10. The number of hydrogen-bond acceptors (Lipinski definition) is 9. The highest BCUT2D eigenvalue weighted by atomic mass is 16.5. The summed E-state index contributed by atoms with van der Waals surface area (Å²) in [6.45, 7) is 12.0. The minimum atomic E-state index is -0.474. The highest BCUT2D eigenvalue weighted by molar-refractivity contribution is 6.26. The van der Waals surface area contributed by atoms with Gasteiger partial charge in [-0.25, -0.2) is 29.9 Å². The van der Waals surface area contributed by atoms with Gasteiger partial charge in [-0.05, 0) is 271 Å². The van der Waals surface area contributed by atoms with E-state index >= 15 is 0 Å². The summed E-state index contributed by atoms with van der Waals surface area (Å²) in [5, 5.41) is 21.8. The van der Waals surface area contributed by atoms with Crippen molar-refractivity contribution in [3.63, 3.8) is 0 Å². The fourth-order valence-electron chi connectivity index (χ4n) is 25.8. The number of rotatable bonds is 6. The van der Waals surface area contributed by atoms with Gasteiger partial charge in [0.15, 0.2) is 0 Å². The number of aromatic nitrogens is 9. The maximum Gasteiger partial charge on any atom is 0.235 e. The Bertz CT molecular complexity index is 10300. The summed E-state index contributed by atoms with van der Waals surface area (Å²) in [5.41, 5.74) is 31.4. The quantitative estimate of drug-likeness (QED) is 0.150. The Labute approximate surface area is 783 Å². The summed E-state index contributed by atoms with van der Waals surface area (Å²) in [6, 6.07) is 129. The lowest BCUT2D eigenvalue weighted by atomic mass is 9.75. The Morgan fingerprint density at radius 1 is 0.234 bits per heavy atom. The van der Waals surface area contributed by atoms with Gasteiger partial charge in [-0.1, -0.05) is 259 Å². The van der Waals surface area contributed by atoms with E-state index < -0.39 is 10.8 Å². The number of hydrogen-bond donors (Lipinski definition) is 0. The van der Waals surface area contributed by atoms with E-state index in [1.807, 2.05) is 36.4 Å². The second-order valence-electron chi connectivity index (χ2n) is 39.6. The van der Waals surface area contributed by atoms with Crippen LogP contribution in [-0.4, -0.2) is 43.6 Å². The van der Waals surface area contributed by atoms with E-state index in [-0.39, 0.29) is 5.41 Å². The molecule has 0 spiro atoms. The molecule has 0 bridgehead atoms. The molecule has 12 heteroatoms. The molecule has 0 fully saturated rings. The molecular formula is C125H75N9O3. The molecule has 26 aromatic rings. The largest absolute Gasteiger partial charge is 0.456 e. The van der Waals surface area contributed by atoms with Crippen LogP contribution < -0.4 is 14.2 Å². The third kappa shape index (κ3) is 9.59. The molecule has 3 aliphatic carbocycles.